The van der Waals surface area contributed by atoms with E-state index in [1.807, 2.05) is 14.1 Å². The Hall–Kier alpha value is -2.54. The second-order valence-electron chi connectivity index (χ2n) is 5.60. The van der Waals surface area contributed by atoms with Crippen LogP contribution >= 0.6 is 0 Å². The molecule has 2 aromatic rings. The maximum absolute atomic E-state index is 13.6. The summed E-state index contributed by atoms with van der Waals surface area (Å²) in [7, 11) is 3.99. The lowest BCUT2D eigenvalue weighted by Crippen LogP contribution is -2.17. The molecule has 0 aliphatic rings. The van der Waals surface area contributed by atoms with E-state index in [-0.39, 0.29) is 5.56 Å². The monoisotopic (exact) mass is 334 g/mol. The Balaban J connectivity index is 2.01. The van der Waals surface area contributed by atoms with Crippen molar-refractivity contribution in [1.29, 1.82) is 0 Å². The number of rotatable bonds is 7. The Morgan fingerprint density at radius 1 is 1.21 bits per heavy atom. The van der Waals surface area contributed by atoms with Crippen LogP contribution in [0.15, 0.2) is 36.7 Å². The topological polar surface area (TPSA) is 57.3 Å². The van der Waals surface area contributed by atoms with Crippen LogP contribution < -0.4 is 10.6 Å². The van der Waals surface area contributed by atoms with E-state index in [9.17, 15) is 13.6 Å². The van der Waals surface area contributed by atoms with Crippen LogP contribution in [0.25, 0.3) is 0 Å². The van der Waals surface area contributed by atoms with Gasteiger partial charge in [-0.25, -0.2) is 8.78 Å². The minimum atomic E-state index is -0.825. The van der Waals surface area contributed by atoms with E-state index in [2.05, 4.69) is 20.5 Å². The summed E-state index contributed by atoms with van der Waals surface area (Å²) >= 11 is 0. The van der Waals surface area contributed by atoms with Crippen LogP contribution in [-0.2, 0) is 0 Å². The molecule has 1 aromatic heterocycles. The van der Waals surface area contributed by atoms with Crippen LogP contribution in [0, 0.1) is 11.6 Å². The molecular weight excluding hydrogens is 314 g/mol. The molecule has 1 amide bonds. The van der Waals surface area contributed by atoms with Crippen LogP contribution in [-0.4, -0.2) is 43.0 Å². The summed E-state index contributed by atoms with van der Waals surface area (Å²) in [4.78, 5) is 18.2. The van der Waals surface area contributed by atoms with Gasteiger partial charge in [0.1, 0.15) is 17.3 Å². The zero-order valence-corrected chi connectivity index (χ0v) is 13.6. The summed E-state index contributed by atoms with van der Waals surface area (Å²) in [6.45, 7) is 1.67. The maximum atomic E-state index is 13.6. The summed E-state index contributed by atoms with van der Waals surface area (Å²) in [6.07, 6.45) is 3.87. The van der Waals surface area contributed by atoms with E-state index in [1.54, 1.807) is 12.3 Å². The van der Waals surface area contributed by atoms with Crippen molar-refractivity contribution in [2.75, 3.05) is 37.8 Å². The summed E-state index contributed by atoms with van der Waals surface area (Å²) in [5, 5.41) is 5.41. The van der Waals surface area contributed by atoms with Gasteiger partial charge in [0.2, 0.25) is 0 Å². The van der Waals surface area contributed by atoms with Gasteiger partial charge in [0.25, 0.3) is 5.91 Å². The van der Waals surface area contributed by atoms with Gasteiger partial charge in [-0.3, -0.25) is 9.78 Å². The molecular formula is C17H20F2N4O. The lowest BCUT2D eigenvalue weighted by molar-refractivity contribution is 0.102. The molecule has 0 radical (unpaired) electrons. The molecule has 24 heavy (non-hydrogen) atoms. The SMILES string of the molecule is CN(C)CCCNc1cncc(C(=O)Nc2c(F)cccc2F)c1. The number of halogens is 2. The number of carbonyl (C=O) groups is 1. The summed E-state index contributed by atoms with van der Waals surface area (Å²) in [5.41, 5.74) is 0.428. The predicted molar refractivity (Wildman–Crippen MR) is 90.2 cm³/mol. The van der Waals surface area contributed by atoms with E-state index in [4.69, 9.17) is 0 Å². The van der Waals surface area contributed by atoms with Gasteiger partial charge in [0.05, 0.1) is 11.3 Å². The minimum absolute atomic E-state index is 0.218. The van der Waals surface area contributed by atoms with Crippen molar-refractivity contribution in [3.63, 3.8) is 0 Å². The molecule has 7 heteroatoms. The molecule has 1 aromatic carbocycles. The fourth-order valence-corrected chi connectivity index (χ4v) is 2.09. The molecule has 2 rings (SSSR count). The fraction of sp³-hybridized carbons (Fsp3) is 0.294. The fourth-order valence-electron chi connectivity index (χ4n) is 2.09. The average Bonchev–Trinajstić information content (AvgIpc) is 2.55. The lowest BCUT2D eigenvalue weighted by atomic mass is 10.2. The largest absolute Gasteiger partial charge is 0.384 e. The minimum Gasteiger partial charge on any atom is -0.384 e. The van der Waals surface area contributed by atoms with Crippen molar-refractivity contribution in [3.8, 4) is 0 Å². The van der Waals surface area contributed by atoms with Gasteiger partial charge < -0.3 is 15.5 Å². The van der Waals surface area contributed by atoms with Crippen molar-refractivity contribution in [2.24, 2.45) is 0 Å². The van der Waals surface area contributed by atoms with Crippen LogP contribution in [0.2, 0.25) is 0 Å². The Bertz CT molecular complexity index is 686. The summed E-state index contributed by atoms with van der Waals surface area (Å²) in [6, 6.07) is 5.00. The van der Waals surface area contributed by atoms with Crippen molar-refractivity contribution in [2.45, 2.75) is 6.42 Å². The first-order valence-electron chi connectivity index (χ1n) is 7.56. The Morgan fingerprint density at radius 2 is 1.92 bits per heavy atom. The van der Waals surface area contributed by atoms with Gasteiger partial charge in [-0.1, -0.05) is 6.07 Å². The molecule has 0 aliphatic heterocycles. The van der Waals surface area contributed by atoms with Crippen LogP contribution in [0.4, 0.5) is 20.2 Å². The third kappa shape index (κ3) is 4.99. The van der Waals surface area contributed by atoms with Crippen LogP contribution in [0.5, 0.6) is 0 Å². The van der Waals surface area contributed by atoms with Crippen molar-refractivity contribution < 1.29 is 13.6 Å². The van der Waals surface area contributed by atoms with E-state index in [0.29, 0.717) is 5.69 Å². The highest BCUT2D eigenvalue weighted by Crippen LogP contribution is 2.19. The summed E-state index contributed by atoms with van der Waals surface area (Å²) < 4.78 is 27.2. The standard InChI is InChI=1S/C17H20F2N4O/c1-23(2)8-4-7-21-13-9-12(10-20-11-13)17(24)22-16-14(18)5-3-6-15(16)19/h3,5-6,9-11,21H,4,7-8H2,1-2H3,(H,22,24). The van der Waals surface area contributed by atoms with E-state index in [1.165, 1.54) is 12.3 Å². The van der Waals surface area contributed by atoms with Gasteiger partial charge in [-0.2, -0.15) is 0 Å². The molecule has 0 atom stereocenters. The number of pyridine rings is 1. The van der Waals surface area contributed by atoms with Crippen molar-refractivity contribution in [3.05, 3.63) is 53.9 Å². The third-order valence-electron chi connectivity index (χ3n) is 3.31. The second-order valence-corrected chi connectivity index (χ2v) is 5.60. The number of amides is 1. The molecule has 2 N–H and O–H groups in total. The van der Waals surface area contributed by atoms with E-state index < -0.39 is 23.2 Å². The second kappa shape index (κ2) is 8.35. The lowest BCUT2D eigenvalue weighted by Gasteiger charge is -2.11. The molecule has 5 nitrogen and oxygen atoms in total. The molecule has 0 aliphatic carbocycles. The first-order chi connectivity index (χ1) is 11.5. The third-order valence-corrected chi connectivity index (χ3v) is 3.31. The smallest absolute Gasteiger partial charge is 0.257 e. The maximum Gasteiger partial charge on any atom is 0.257 e. The van der Waals surface area contributed by atoms with Gasteiger partial charge in [0, 0.05) is 18.9 Å². The van der Waals surface area contributed by atoms with Gasteiger partial charge in [-0.15, -0.1) is 0 Å². The van der Waals surface area contributed by atoms with E-state index in [0.717, 1.165) is 31.6 Å². The Labute approximate surface area is 139 Å². The average molecular weight is 334 g/mol. The molecule has 0 fully saturated rings. The van der Waals surface area contributed by atoms with Gasteiger partial charge in [-0.05, 0) is 45.3 Å². The number of nitrogens with one attached hydrogen (secondary N) is 2. The molecule has 128 valence electrons. The quantitative estimate of drug-likeness (QED) is 0.765. The predicted octanol–water partition coefficient (Wildman–Crippen LogP) is 2.98. The molecule has 0 saturated carbocycles. The number of hydrogen-bond donors (Lipinski definition) is 2. The number of benzene rings is 1. The number of carbonyl (C=O) groups excluding carboxylic acids is 1. The molecule has 1 heterocycles. The normalized spacial score (nSPS) is 10.7. The highest BCUT2D eigenvalue weighted by molar-refractivity contribution is 6.04. The van der Waals surface area contributed by atoms with Crippen molar-refractivity contribution >= 4 is 17.3 Å². The molecule has 0 saturated heterocycles. The molecule has 0 bridgehead atoms. The number of anilines is 2. The van der Waals surface area contributed by atoms with Crippen LogP contribution in [0.1, 0.15) is 16.8 Å². The Kier molecular flexibility index (Phi) is 6.20. The highest BCUT2D eigenvalue weighted by Gasteiger charge is 2.14. The Morgan fingerprint density at radius 3 is 2.58 bits per heavy atom. The first-order valence-corrected chi connectivity index (χ1v) is 7.56. The zero-order chi connectivity index (χ0) is 17.5. The van der Waals surface area contributed by atoms with Crippen molar-refractivity contribution in [1.82, 2.24) is 9.88 Å². The highest BCUT2D eigenvalue weighted by atomic mass is 19.1. The van der Waals surface area contributed by atoms with E-state index >= 15 is 0 Å². The van der Waals surface area contributed by atoms with Crippen LogP contribution in [0.3, 0.4) is 0 Å². The van der Waals surface area contributed by atoms with Gasteiger partial charge >= 0.3 is 0 Å². The summed E-state index contributed by atoms with van der Waals surface area (Å²) in [5.74, 6) is -2.27. The van der Waals surface area contributed by atoms with Gasteiger partial charge in [0.15, 0.2) is 0 Å². The molecule has 0 unspecified atom stereocenters. The molecule has 0 spiro atoms. The number of nitrogens with zero attached hydrogens (tertiary/aromatic N) is 2. The number of aromatic nitrogens is 1. The number of hydrogen-bond acceptors (Lipinski definition) is 4. The first kappa shape index (κ1) is 17.8. The number of para-hydroxylation sites is 1. The zero-order valence-electron chi connectivity index (χ0n) is 13.6.